The van der Waals surface area contributed by atoms with Gasteiger partial charge in [-0.05, 0) is 25.1 Å². The van der Waals surface area contributed by atoms with Crippen LogP contribution in [0, 0.1) is 0 Å². The summed E-state index contributed by atoms with van der Waals surface area (Å²) in [7, 11) is 1.77. The Labute approximate surface area is 106 Å². The molecule has 4 nitrogen and oxygen atoms in total. The molecule has 0 unspecified atom stereocenters. The molecule has 0 aliphatic carbocycles. The van der Waals surface area contributed by atoms with Crippen LogP contribution in [0.25, 0.3) is 10.9 Å². The van der Waals surface area contributed by atoms with E-state index in [0.717, 1.165) is 17.3 Å². The molecule has 0 saturated carbocycles. The number of pyridine rings is 1. The number of carbonyl (C=O) groups excluding carboxylic acids is 1. The third-order valence-corrected chi connectivity index (χ3v) is 2.86. The van der Waals surface area contributed by atoms with Crippen molar-refractivity contribution in [2.24, 2.45) is 5.73 Å². The summed E-state index contributed by atoms with van der Waals surface area (Å²) in [6.07, 6.45) is 0.801. The van der Waals surface area contributed by atoms with Crippen LogP contribution in [0.15, 0.2) is 36.4 Å². The Morgan fingerprint density at radius 2 is 2.06 bits per heavy atom. The van der Waals surface area contributed by atoms with E-state index in [9.17, 15) is 4.79 Å². The van der Waals surface area contributed by atoms with Crippen molar-refractivity contribution in [2.45, 2.75) is 6.42 Å². The number of rotatable bonds is 4. The normalized spacial score (nSPS) is 10.6. The number of aromatic nitrogens is 1. The van der Waals surface area contributed by atoms with Crippen LogP contribution in [0.5, 0.6) is 0 Å². The number of amides is 1. The topological polar surface area (TPSA) is 59.2 Å². The van der Waals surface area contributed by atoms with E-state index in [2.05, 4.69) is 4.98 Å². The quantitative estimate of drug-likeness (QED) is 0.888. The van der Waals surface area contributed by atoms with Gasteiger partial charge in [0.15, 0.2) is 0 Å². The fraction of sp³-hybridized carbons (Fsp3) is 0.286. The molecule has 94 valence electrons. The van der Waals surface area contributed by atoms with Crippen molar-refractivity contribution in [3.8, 4) is 0 Å². The maximum absolute atomic E-state index is 12.1. The second-order valence-electron chi connectivity index (χ2n) is 4.26. The molecule has 2 rings (SSSR count). The molecule has 0 fully saturated rings. The van der Waals surface area contributed by atoms with Gasteiger partial charge in [0.05, 0.1) is 5.52 Å². The van der Waals surface area contributed by atoms with Gasteiger partial charge < -0.3 is 10.6 Å². The van der Waals surface area contributed by atoms with Gasteiger partial charge in [0, 0.05) is 19.0 Å². The molecular formula is C14H17N3O. The summed E-state index contributed by atoms with van der Waals surface area (Å²) in [5.74, 6) is -0.0609. The van der Waals surface area contributed by atoms with Crippen LogP contribution < -0.4 is 5.73 Å². The highest BCUT2D eigenvalue weighted by molar-refractivity contribution is 5.94. The maximum Gasteiger partial charge on any atom is 0.272 e. The third kappa shape index (κ3) is 2.65. The highest BCUT2D eigenvalue weighted by atomic mass is 16.2. The number of para-hydroxylation sites is 1. The van der Waals surface area contributed by atoms with Gasteiger partial charge in [-0.1, -0.05) is 24.3 Å². The molecule has 0 aliphatic rings. The summed E-state index contributed by atoms with van der Waals surface area (Å²) in [6.45, 7) is 1.24. The lowest BCUT2D eigenvalue weighted by Crippen LogP contribution is -2.29. The first-order chi connectivity index (χ1) is 8.72. The Bertz CT molecular complexity index is 553. The van der Waals surface area contributed by atoms with Crippen molar-refractivity contribution >= 4 is 16.8 Å². The number of hydrogen-bond acceptors (Lipinski definition) is 3. The van der Waals surface area contributed by atoms with Gasteiger partial charge in [-0.2, -0.15) is 0 Å². The second kappa shape index (κ2) is 5.60. The molecule has 0 aliphatic heterocycles. The minimum Gasteiger partial charge on any atom is -0.340 e. The van der Waals surface area contributed by atoms with E-state index in [1.165, 1.54) is 0 Å². The van der Waals surface area contributed by atoms with Crippen molar-refractivity contribution in [1.29, 1.82) is 0 Å². The molecule has 1 aromatic heterocycles. The summed E-state index contributed by atoms with van der Waals surface area (Å²) in [4.78, 5) is 18.2. The summed E-state index contributed by atoms with van der Waals surface area (Å²) in [6, 6.07) is 11.5. The second-order valence-corrected chi connectivity index (χ2v) is 4.26. The Morgan fingerprint density at radius 1 is 1.28 bits per heavy atom. The van der Waals surface area contributed by atoms with E-state index in [0.29, 0.717) is 18.8 Å². The highest BCUT2D eigenvalue weighted by Gasteiger charge is 2.12. The van der Waals surface area contributed by atoms with Gasteiger partial charge in [0.2, 0.25) is 0 Å². The van der Waals surface area contributed by atoms with Gasteiger partial charge >= 0.3 is 0 Å². The predicted molar refractivity (Wildman–Crippen MR) is 72.4 cm³/mol. The monoisotopic (exact) mass is 243 g/mol. The standard InChI is InChI=1S/C14H17N3O/c1-17(10-4-9-15)14(18)13-8-7-11-5-2-3-6-12(11)16-13/h2-3,5-8H,4,9-10,15H2,1H3. The smallest absolute Gasteiger partial charge is 0.272 e. The molecule has 1 heterocycles. The zero-order valence-electron chi connectivity index (χ0n) is 10.5. The Balaban J connectivity index is 2.22. The Hall–Kier alpha value is -1.94. The van der Waals surface area contributed by atoms with Crippen LogP contribution in [0.1, 0.15) is 16.9 Å². The number of carbonyl (C=O) groups is 1. The van der Waals surface area contributed by atoms with E-state index >= 15 is 0 Å². The molecule has 0 radical (unpaired) electrons. The van der Waals surface area contributed by atoms with Crippen LogP contribution in [-0.4, -0.2) is 35.9 Å². The van der Waals surface area contributed by atoms with Gasteiger partial charge in [0.25, 0.3) is 5.91 Å². The molecule has 18 heavy (non-hydrogen) atoms. The number of fused-ring (bicyclic) bond motifs is 1. The van der Waals surface area contributed by atoms with Gasteiger partial charge in [-0.15, -0.1) is 0 Å². The number of hydrogen-bond donors (Lipinski definition) is 1. The number of benzene rings is 1. The summed E-state index contributed by atoms with van der Waals surface area (Å²) < 4.78 is 0. The van der Waals surface area contributed by atoms with Crippen molar-refractivity contribution in [1.82, 2.24) is 9.88 Å². The molecule has 2 aromatic rings. The van der Waals surface area contributed by atoms with Crippen LogP contribution in [-0.2, 0) is 0 Å². The predicted octanol–water partition coefficient (Wildman–Crippen LogP) is 1.66. The molecule has 4 heteroatoms. The minimum absolute atomic E-state index is 0.0609. The maximum atomic E-state index is 12.1. The van der Waals surface area contributed by atoms with Gasteiger partial charge in [-0.3, -0.25) is 4.79 Å². The third-order valence-electron chi connectivity index (χ3n) is 2.86. The lowest BCUT2D eigenvalue weighted by atomic mass is 10.2. The van der Waals surface area contributed by atoms with E-state index in [-0.39, 0.29) is 5.91 Å². The molecule has 2 N–H and O–H groups in total. The summed E-state index contributed by atoms with van der Waals surface area (Å²) >= 11 is 0. The summed E-state index contributed by atoms with van der Waals surface area (Å²) in [5, 5.41) is 1.04. The highest BCUT2D eigenvalue weighted by Crippen LogP contribution is 2.12. The fourth-order valence-electron chi connectivity index (χ4n) is 1.81. The van der Waals surface area contributed by atoms with E-state index in [1.54, 1.807) is 18.0 Å². The van der Waals surface area contributed by atoms with Gasteiger partial charge in [-0.25, -0.2) is 4.98 Å². The van der Waals surface area contributed by atoms with Crippen LogP contribution in [0.4, 0.5) is 0 Å². The number of nitrogens with zero attached hydrogens (tertiary/aromatic N) is 2. The first-order valence-electron chi connectivity index (χ1n) is 6.03. The Kier molecular flexibility index (Phi) is 3.89. The van der Waals surface area contributed by atoms with Crippen LogP contribution in [0.3, 0.4) is 0 Å². The van der Waals surface area contributed by atoms with E-state index < -0.39 is 0 Å². The van der Waals surface area contributed by atoms with Crippen molar-refractivity contribution in [3.63, 3.8) is 0 Å². The van der Waals surface area contributed by atoms with Crippen LogP contribution >= 0.6 is 0 Å². The number of nitrogens with two attached hydrogens (primary N) is 1. The SMILES string of the molecule is CN(CCCN)C(=O)c1ccc2ccccc2n1. The first-order valence-corrected chi connectivity index (χ1v) is 6.03. The largest absolute Gasteiger partial charge is 0.340 e. The molecule has 1 aromatic carbocycles. The average molecular weight is 243 g/mol. The summed E-state index contributed by atoms with van der Waals surface area (Å²) in [5.41, 5.74) is 6.76. The van der Waals surface area contributed by atoms with Crippen LogP contribution in [0.2, 0.25) is 0 Å². The molecule has 0 atom stereocenters. The molecule has 0 bridgehead atoms. The van der Waals surface area contributed by atoms with Gasteiger partial charge in [0.1, 0.15) is 5.69 Å². The minimum atomic E-state index is -0.0609. The van der Waals surface area contributed by atoms with Crippen molar-refractivity contribution in [2.75, 3.05) is 20.1 Å². The fourth-order valence-corrected chi connectivity index (χ4v) is 1.81. The lowest BCUT2D eigenvalue weighted by molar-refractivity contribution is 0.0789. The zero-order valence-corrected chi connectivity index (χ0v) is 10.5. The average Bonchev–Trinajstić information content (AvgIpc) is 2.43. The Morgan fingerprint density at radius 3 is 2.83 bits per heavy atom. The molecule has 0 spiro atoms. The van der Waals surface area contributed by atoms with Crippen molar-refractivity contribution in [3.05, 3.63) is 42.1 Å². The van der Waals surface area contributed by atoms with E-state index in [4.69, 9.17) is 5.73 Å². The molecule has 0 saturated heterocycles. The molecular weight excluding hydrogens is 226 g/mol. The molecule has 1 amide bonds. The first kappa shape index (κ1) is 12.5. The zero-order chi connectivity index (χ0) is 13.0. The van der Waals surface area contributed by atoms with Crippen molar-refractivity contribution < 1.29 is 4.79 Å². The lowest BCUT2D eigenvalue weighted by Gasteiger charge is -2.16. The van der Waals surface area contributed by atoms with E-state index in [1.807, 2.05) is 30.3 Å².